The molecular weight excluding hydrogens is 700 g/mol. The molecule has 5 amide bonds. The zero-order chi connectivity index (χ0) is 41.2. The molecule has 0 aliphatic carbocycles. The number of carboxylic acid groups (broad SMARTS) is 1. The molecule has 2 aromatic rings. The van der Waals surface area contributed by atoms with Gasteiger partial charge < -0.3 is 37.4 Å². The topological polar surface area (TPSA) is 209 Å². The molecule has 0 saturated heterocycles. The number of aryl methyl sites for hydroxylation is 1. The van der Waals surface area contributed by atoms with Gasteiger partial charge in [0.25, 0.3) is 0 Å². The third kappa shape index (κ3) is 16.2. The molecule has 0 heterocycles. The van der Waals surface area contributed by atoms with Gasteiger partial charge in [0.15, 0.2) is 0 Å². The van der Waals surface area contributed by atoms with Crippen LogP contribution < -0.4 is 32.3 Å². The largest absolute Gasteiger partial charge is 0.480 e. The van der Waals surface area contributed by atoms with Gasteiger partial charge in [-0.25, -0.2) is 4.79 Å². The average molecular weight is 765 g/mol. The molecule has 2 unspecified atom stereocenters. The molecule has 0 spiro atoms. The van der Waals surface area contributed by atoms with Crippen molar-refractivity contribution in [2.45, 2.75) is 130 Å². The number of nitrogens with one attached hydrogen (secondary N) is 5. The Labute approximate surface area is 326 Å². The van der Waals surface area contributed by atoms with Crippen molar-refractivity contribution in [2.24, 2.45) is 29.4 Å². The Bertz CT molecular complexity index is 1540. The summed E-state index contributed by atoms with van der Waals surface area (Å²) in [6.07, 6.45) is 1.65. The highest BCUT2D eigenvalue weighted by Crippen LogP contribution is 2.14. The van der Waals surface area contributed by atoms with Crippen LogP contribution in [0.5, 0.6) is 0 Å². The molecule has 0 aromatic heterocycles. The Kier molecular flexibility index (Phi) is 19.6. The molecule has 7 atom stereocenters. The van der Waals surface area contributed by atoms with E-state index < -0.39 is 65.8 Å². The first-order valence-electron chi connectivity index (χ1n) is 19.5. The van der Waals surface area contributed by atoms with E-state index in [1.807, 2.05) is 81.4 Å². The predicted molar refractivity (Wildman–Crippen MR) is 213 cm³/mol. The maximum atomic E-state index is 14.0. The van der Waals surface area contributed by atoms with Gasteiger partial charge in [-0.2, -0.15) is 0 Å². The van der Waals surface area contributed by atoms with E-state index in [2.05, 4.69) is 26.6 Å². The quantitative estimate of drug-likeness (QED) is 0.0889. The Morgan fingerprint density at radius 1 is 0.636 bits per heavy atom. The summed E-state index contributed by atoms with van der Waals surface area (Å²) in [5.74, 6) is -4.51. The first-order chi connectivity index (χ1) is 25.9. The van der Waals surface area contributed by atoms with Crippen molar-refractivity contribution in [2.75, 3.05) is 0 Å². The highest BCUT2D eigenvalue weighted by Gasteiger charge is 2.34. The van der Waals surface area contributed by atoms with Crippen LogP contribution in [0.3, 0.4) is 0 Å². The van der Waals surface area contributed by atoms with Crippen LogP contribution in [0.4, 0.5) is 0 Å². The summed E-state index contributed by atoms with van der Waals surface area (Å²) in [7, 11) is 0. The van der Waals surface area contributed by atoms with Crippen LogP contribution in [0.1, 0.15) is 92.2 Å². The van der Waals surface area contributed by atoms with Gasteiger partial charge in [0.2, 0.25) is 29.5 Å². The fraction of sp³-hybridized carbons (Fsp3) is 0.571. The molecule has 304 valence electrons. The third-order valence-electron chi connectivity index (χ3n) is 9.70. The summed E-state index contributed by atoms with van der Waals surface area (Å²) < 4.78 is 0. The van der Waals surface area contributed by atoms with E-state index >= 15 is 0 Å². The monoisotopic (exact) mass is 764 g/mol. The molecule has 13 heteroatoms. The van der Waals surface area contributed by atoms with Crippen molar-refractivity contribution < 1.29 is 33.9 Å². The lowest BCUT2D eigenvalue weighted by Crippen LogP contribution is -2.60. The minimum absolute atomic E-state index is 0.0793. The third-order valence-corrected chi connectivity index (χ3v) is 9.70. The van der Waals surface area contributed by atoms with E-state index in [-0.39, 0.29) is 48.8 Å². The number of carbonyl (C=O) groups is 6. The van der Waals surface area contributed by atoms with Gasteiger partial charge in [-0.15, -0.1) is 0 Å². The summed E-state index contributed by atoms with van der Waals surface area (Å²) >= 11 is 0. The van der Waals surface area contributed by atoms with Crippen LogP contribution in [0.2, 0.25) is 0 Å². The van der Waals surface area contributed by atoms with Crippen LogP contribution in [0.25, 0.3) is 0 Å². The van der Waals surface area contributed by atoms with Crippen molar-refractivity contribution in [1.82, 2.24) is 26.6 Å². The predicted octanol–water partition coefficient (Wildman–Crippen LogP) is 3.49. The van der Waals surface area contributed by atoms with E-state index in [0.717, 1.165) is 11.1 Å². The lowest BCUT2D eigenvalue weighted by molar-refractivity contribution is -0.143. The summed E-state index contributed by atoms with van der Waals surface area (Å²) in [6.45, 7) is 14.5. The highest BCUT2D eigenvalue weighted by atomic mass is 16.4. The Balaban J connectivity index is 2.23. The number of aliphatic carboxylic acids is 1. The first-order valence-corrected chi connectivity index (χ1v) is 19.5. The number of benzene rings is 2. The Morgan fingerprint density at radius 3 is 1.67 bits per heavy atom. The van der Waals surface area contributed by atoms with Crippen molar-refractivity contribution in [3.05, 3.63) is 71.8 Å². The molecule has 0 aliphatic heterocycles. The van der Waals surface area contributed by atoms with Gasteiger partial charge in [-0.3, -0.25) is 24.0 Å². The average Bonchev–Trinajstić information content (AvgIpc) is 3.13. The molecule has 0 aliphatic rings. The first kappa shape index (κ1) is 46.4. The minimum atomic E-state index is -1.17. The standard InChI is InChI=1S/C42H64N6O7/c1-9-28(8)38(41(53)48-37(27(6)7)42(54)55)46-35(50)24-31(43)32(23-30-18-14-11-15-19-30)45-40(52)36(26(4)5)47-39(51)33(22-25(2)3)44-34(49)21-20-29-16-12-10-13-17-29/h10-19,25-28,31-33,36-38H,9,20-24,43H2,1-8H3,(H,44,49)(H,45,52)(H,46,50)(H,47,51)(H,48,53)(H,54,55)/t28-,31-,32-,33-,36?,37?,38-/m0/s1. The highest BCUT2D eigenvalue weighted by molar-refractivity contribution is 5.93. The summed E-state index contributed by atoms with van der Waals surface area (Å²) in [6, 6.07) is 13.3. The fourth-order valence-corrected chi connectivity index (χ4v) is 6.16. The molecule has 2 rings (SSSR count). The van der Waals surface area contributed by atoms with E-state index in [0.29, 0.717) is 19.3 Å². The zero-order valence-electron chi connectivity index (χ0n) is 33.8. The molecular formula is C42H64N6O7. The number of hydrogen-bond donors (Lipinski definition) is 7. The van der Waals surface area contributed by atoms with Crippen molar-refractivity contribution in [1.29, 1.82) is 0 Å². The van der Waals surface area contributed by atoms with Gasteiger partial charge in [0.05, 0.1) is 0 Å². The van der Waals surface area contributed by atoms with Crippen LogP contribution in [0, 0.1) is 23.7 Å². The van der Waals surface area contributed by atoms with E-state index in [1.54, 1.807) is 34.6 Å². The molecule has 0 radical (unpaired) electrons. The maximum Gasteiger partial charge on any atom is 0.326 e. The van der Waals surface area contributed by atoms with Crippen LogP contribution in [-0.4, -0.2) is 76.9 Å². The van der Waals surface area contributed by atoms with Crippen molar-refractivity contribution in [3.63, 3.8) is 0 Å². The van der Waals surface area contributed by atoms with Gasteiger partial charge in [-0.05, 0) is 54.1 Å². The lowest BCUT2D eigenvalue weighted by Gasteiger charge is -2.31. The number of rotatable bonds is 23. The number of nitrogens with two attached hydrogens (primary N) is 1. The number of hydrogen-bond acceptors (Lipinski definition) is 7. The van der Waals surface area contributed by atoms with Gasteiger partial charge in [-0.1, -0.05) is 122 Å². The Hall–Kier alpha value is -4.78. The number of amides is 5. The lowest BCUT2D eigenvalue weighted by atomic mass is 9.94. The van der Waals surface area contributed by atoms with E-state index in [9.17, 15) is 33.9 Å². The number of carbonyl (C=O) groups excluding carboxylic acids is 5. The Morgan fingerprint density at radius 2 is 1.16 bits per heavy atom. The molecule has 55 heavy (non-hydrogen) atoms. The van der Waals surface area contributed by atoms with E-state index in [4.69, 9.17) is 5.73 Å². The summed E-state index contributed by atoms with van der Waals surface area (Å²) in [5, 5.41) is 23.6. The fourth-order valence-electron chi connectivity index (χ4n) is 6.16. The second-order valence-electron chi connectivity index (χ2n) is 15.6. The smallest absolute Gasteiger partial charge is 0.326 e. The molecule has 2 aromatic carbocycles. The minimum Gasteiger partial charge on any atom is -0.480 e. The maximum absolute atomic E-state index is 14.0. The number of carboxylic acids is 1. The second-order valence-corrected chi connectivity index (χ2v) is 15.6. The van der Waals surface area contributed by atoms with Gasteiger partial charge in [0.1, 0.15) is 24.2 Å². The normalized spacial score (nSPS) is 15.2. The van der Waals surface area contributed by atoms with Crippen LogP contribution >= 0.6 is 0 Å². The molecule has 8 N–H and O–H groups in total. The van der Waals surface area contributed by atoms with Crippen LogP contribution in [0.15, 0.2) is 60.7 Å². The zero-order valence-corrected chi connectivity index (χ0v) is 33.8. The second kappa shape index (κ2) is 23.2. The van der Waals surface area contributed by atoms with Crippen LogP contribution in [-0.2, 0) is 41.6 Å². The molecule has 13 nitrogen and oxygen atoms in total. The van der Waals surface area contributed by atoms with Crippen molar-refractivity contribution >= 4 is 35.5 Å². The molecule has 0 saturated carbocycles. The SMILES string of the molecule is CC[C@H](C)[C@H](NC(=O)C[C@H](N)[C@H](Cc1ccccc1)NC(=O)C(NC(=O)[C@H](CC(C)C)NC(=O)CCc1ccccc1)C(C)C)C(=O)NC(C(=O)O)C(C)C. The van der Waals surface area contributed by atoms with Gasteiger partial charge in [0, 0.05) is 24.9 Å². The molecule has 0 fully saturated rings. The van der Waals surface area contributed by atoms with Gasteiger partial charge >= 0.3 is 5.97 Å². The summed E-state index contributed by atoms with van der Waals surface area (Å²) in [4.78, 5) is 79.1. The van der Waals surface area contributed by atoms with Crippen molar-refractivity contribution in [3.8, 4) is 0 Å². The molecule has 0 bridgehead atoms. The van der Waals surface area contributed by atoms with E-state index in [1.165, 1.54) is 0 Å². The summed E-state index contributed by atoms with van der Waals surface area (Å²) in [5.41, 5.74) is 8.52.